The molecule has 0 aliphatic rings. The maximum absolute atomic E-state index is 13.0. The molecule has 3 nitrogen and oxygen atoms in total. The van der Waals surface area contributed by atoms with Gasteiger partial charge >= 0.3 is 6.18 Å². The molecule has 0 bridgehead atoms. The van der Waals surface area contributed by atoms with Crippen molar-refractivity contribution in [3.8, 4) is 0 Å². The highest BCUT2D eigenvalue weighted by Gasteiger charge is 2.30. The van der Waals surface area contributed by atoms with E-state index in [0.29, 0.717) is 0 Å². The van der Waals surface area contributed by atoms with Crippen LogP contribution in [0.25, 0.3) is 0 Å². The van der Waals surface area contributed by atoms with Crippen LogP contribution in [-0.4, -0.2) is 12.5 Å². The number of carbonyl (C=O) groups excluding carboxylic acids is 1. The van der Waals surface area contributed by atoms with E-state index in [0.717, 1.165) is 30.3 Å². The van der Waals surface area contributed by atoms with E-state index in [1.165, 1.54) is 6.07 Å². The first kappa shape index (κ1) is 19.0. The largest absolute Gasteiger partial charge is 0.416 e. The van der Waals surface area contributed by atoms with Gasteiger partial charge < -0.3 is 10.6 Å². The van der Waals surface area contributed by atoms with Crippen molar-refractivity contribution in [2.45, 2.75) is 12.6 Å². The molecule has 0 unspecified atom stereocenters. The van der Waals surface area contributed by atoms with Gasteiger partial charge in [0, 0.05) is 24.7 Å². The average molecular weight is 379 g/mol. The summed E-state index contributed by atoms with van der Waals surface area (Å²) in [6.07, 6.45) is -4.63. The van der Waals surface area contributed by atoms with Crippen molar-refractivity contribution in [2.75, 3.05) is 17.2 Å². The van der Waals surface area contributed by atoms with Gasteiger partial charge in [-0.2, -0.15) is 13.2 Å². The molecule has 0 spiro atoms. The number of nitrogens with one attached hydrogen (secondary N) is 2. The molecule has 2 aromatic carbocycles. The highest BCUT2D eigenvalue weighted by Crippen LogP contribution is 2.33. The fourth-order valence-electron chi connectivity index (χ4n) is 1.95. The van der Waals surface area contributed by atoms with Gasteiger partial charge in [0.2, 0.25) is 5.91 Å². The minimum absolute atomic E-state index is 0.00343. The molecule has 0 aromatic heterocycles. The zero-order chi connectivity index (χ0) is 18.6. The predicted molar refractivity (Wildman–Crippen MR) is 84.5 cm³/mol. The number of anilines is 2. The lowest BCUT2D eigenvalue weighted by Crippen LogP contribution is -2.16. The third kappa shape index (κ3) is 5.32. The Morgan fingerprint density at radius 2 is 1.76 bits per heavy atom. The smallest absolute Gasteiger partial charge is 0.383 e. The summed E-state index contributed by atoms with van der Waals surface area (Å²) in [4.78, 5) is 11.7. The van der Waals surface area contributed by atoms with E-state index in [1.807, 2.05) is 0 Å². The molecule has 0 aliphatic carbocycles. The molecular formula is C16H12ClF5N2O. The molecule has 25 heavy (non-hydrogen) atoms. The minimum Gasteiger partial charge on any atom is -0.383 e. The number of rotatable bonds is 5. The zero-order valence-corrected chi connectivity index (χ0v) is 13.3. The molecule has 0 radical (unpaired) electrons. The number of amides is 1. The molecule has 9 heteroatoms. The van der Waals surface area contributed by atoms with E-state index in [4.69, 9.17) is 11.6 Å². The van der Waals surface area contributed by atoms with Crippen LogP contribution in [0.5, 0.6) is 0 Å². The van der Waals surface area contributed by atoms with Crippen LogP contribution < -0.4 is 10.6 Å². The van der Waals surface area contributed by atoms with Crippen molar-refractivity contribution in [3.63, 3.8) is 0 Å². The number of hydrogen-bond acceptors (Lipinski definition) is 2. The summed E-state index contributed by atoms with van der Waals surface area (Å²) in [6.45, 7) is -0.00343. The summed E-state index contributed by atoms with van der Waals surface area (Å²) in [6, 6.07) is 5.68. The zero-order valence-electron chi connectivity index (χ0n) is 12.6. The Morgan fingerprint density at radius 3 is 2.40 bits per heavy atom. The fourth-order valence-corrected chi connectivity index (χ4v) is 2.13. The maximum atomic E-state index is 13.0. The van der Waals surface area contributed by atoms with Crippen molar-refractivity contribution >= 4 is 28.9 Å². The predicted octanol–water partition coefficient (Wildman–Crippen LogP) is 5.08. The number of carbonyl (C=O) groups is 1. The first-order valence-corrected chi connectivity index (χ1v) is 7.40. The lowest BCUT2D eigenvalue weighted by molar-refractivity contribution is -0.137. The van der Waals surface area contributed by atoms with E-state index in [2.05, 4.69) is 10.6 Å². The van der Waals surface area contributed by atoms with Crippen molar-refractivity contribution in [1.29, 1.82) is 0 Å². The second kappa shape index (κ2) is 7.69. The Balaban J connectivity index is 1.91. The number of hydrogen-bond donors (Lipinski definition) is 2. The van der Waals surface area contributed by atoms with Gasteiger partial charge in [0.05, 0.1) is 16.3 Å². The first-order chi connectivity index (χ1) is 11.7. The molecule has 0 aliphatic heterocycles. The highest BCUT2D eigenvalue weighted by molar-refractivity contribution is 6.33. The van der Waals surface area contributed by atoms with Crippen LogP contribution in [0.4, 0.5) is 33.3 Å². The first-order valence-electron chi connectivity index (χ1n) is 7.02. The Kier molecular flexibility index (Phi) is 5.84. The molecule has 1 amide bonds. The number of alkyl halides is 3. The van der Waals surface area contributed by atoms with Crippen LogP contribution in [0, 0.1) is 11.6 Å². The van der Waals surface area contributed by atoms with E-state index in [-0.39, 0.29) is 29.4 Å². The van der Waals surface area contributed by atoms with Gasteiger partial charge in [0.25, 0.3) is 0 Å². The summed E-state index contributed by atoms with van der Waals surface area (Å²) in [5, 5.41) is 5.06. The molecule has 0 atom stereocenters. The van der Waals surface area contributed by atoms with E-state index in [9.17, 15) is 26.7 Å². The van der Waals surface area contributed by atoms with Crippen LogP contribution in [-0.2, 0) is 11.0 Å². The van der Waals surface area contributed by atoms with Gasteiger partial charge in [-0.25, -0.2) is 8.78 Å². The van der Waals surface area contributed by atoms with Gasteiger partial charge in [-0.3, -0.25) is 4.79 Å². The monoisotopic (exact) mass is 378 g/mol. The highest BCUT2D eigenvalue weighted by atomic mass is 35.5. The van der Waals surface area contributed by atoms with Crippen molar-refractivity contribution in [2.24, 2.45) is 0 Å². The van der Waals surface area contributed by atoms with Crippen molar-refractivity contribution < 1.29 is 26.7 Å². The molecule has 134 valence electrons. The SMILES string of the molecule is O=C(CCNc1cc(C(F)(F)F)ccc1Cl)Nc1ccc(F)c(F)c1. The summed E-state index contributed by atoms with van der Waals surface area (Å²) in [5.74, 6) is -2.67. The lowest BCUT2D eigenvalue weighted by atomic mass is 10.2. The molecule has 0 saturated heterocycles. The van der Waals surface area contributed by atoms with Crippen LogP contribution in [0.2, 0.25) is 5.02 Å². The maximum Gasteiger partial charge on any atom is 0.416 e. The molecule has 2 aromatic rings. The van der Waals surface area contributed by atoms with Gasteiger partial charge in [-0.05, 0) is 30.3 Å². The number of halogens is 6. The lowest BCUT2D eigenvalue weighted by Gasteiger charge is -2.12. The van der Waals surface area contributed by atoms with Crippen LogP contribution in [0.15, 0.2) is 36.4 Å². The second-order valence-electron chi connectivity index (χ2n) is 5.05. The standard InChI is InChI=1S/C16H12ClF5N2O/c17-11-3-1-9(16(20,21)22)7-14(11)23-6-5-15(25)24-10-2-4-12(18)13(19)8-10/h1-4,7-8,23H,5-6H2,(H,24,25). The summed E-state index contributed by atoms with van der Waals surface area (Å²) in [5.41, 5.74) is -0.760. The minimum atomic E-state index is -4.51. The van der Waals surface area contributed by atoms with Gasteiger partial charge in [0.15, 0.2) is 11.6 Å². The number of benzene rings is 2. The van der Waals surface area contributed by atoms with Gasteiger partial charge in [-0.1, -0.05) is 11.6 Å². The van der Waals surface area contributed by atoms with Gasteiger partial charge in [0.1, 0.15) is 0 Å². The van der Waals surface area contributed by atoms with Crippen LogP contribution >= 0.6 is 11.6 Å². The molecule has 2 N–H and O–H groups in total. The van der Waals surface area contributed by atoms with E-state index < -0.39 is 29.3 Å². The molecule has 0 fully saturated rings. The third-order valence-electron chi connectivity index (χ3n) is 3.16. The Labute approximate surface area is 144 Å². The Morgan fingerprint density at radius 1 is 1.04 bits per heavy atom. The summed E-state index contributed by atoms with van der Waals surface area (Å²) >= 11 is 5.82. The third-order valence-corrected chi connectivity index (χ3v) is 3.49. The fraction of sp³-hybridized carbons (Fsp3) is 0.188. The average Bonchev–Trinajstić information content (AvgIpc) is 2.51. The van der Waals surface area contributed by atoms with E-state index >= 15 is 0 Å². The van der Waals surface area contributed by atoms with Crippen molar-refractivity contribution in [1.82, 2.24) is 0 Å². The summed E-state index contributed by atoms with van der Waals surface area (Å²) in [7, 11) is 0. The topological polar surface area (TPSA) is 41.1 Å². The quantitative estimate of drug-likeness (QED) is 0.712. The summed E-state index contributed by atoms with van der Waals surface area (Å²) < 4.78 is 63.8. The Bertz CT molecular complexity index is 780. The van der Waals surface area contributed by atoms with Crippen LogP contribution in [0.1, 0.15) is 12.0 Å². The second-order valence-corrected chi connectivity index (χ2v) is 5.45. The molecular weight excluding hydrogens is 367 g/mol. The van der Waals surface area contributed by atoms with Crippen molar-refractivity contribution in [3.05, 3.63) is 58.6 Å². The Hall–Kier alpha value is -2.35. The molecule has 0 saturated carbocycles. The van der Waals surface area contributed by atoms with Crippen LogP contribution in [0.3, 0.4) is 0 Å². The molecule has 2 rings (SSSR count). The van der Waals surface area contributed by atoms with Gasteiger partial charge in [-0.15, -0.1) is 0 Å². The normalized spacial score (nSPS) is 11.3. The molecule has 0 heterocycles. The van der Waals surface area contributed by atoms with E-state index in [1.54, 1.807) is 0 Å².